The SMILES string of the molecule is Cc1ccc(S(=O)(=O)N2CCC(C(=O)NCC3(c4ccc(F)cc4)CCOCC3)CC2)cc1C. The molecule has 1 amide bonds. The lowest BCUT2D eigenvalue weighted by Crippen LogP contribution is -2.48. The molecule has 2 saturated heterocycles. The molecule has 1 N–H and O–H groups in total. The summed E-state index contributed by atoms with van der Waals surface area (Å²) in [6.45, 7) is 6.17. The van der Waals surface area contributed by atoms with Crippen LogP contribution in [0.3, 0.4) is 0 Å². The first-order valence-electron chi connectivity index (χ1n) is 11.9. The number of nitrogens with zero attached hydrogens (tertiary/aromatic N) is 1. The number of carbonyl (C=O) groups excluding carboxylic acids is 1. The summed E-state index contributed by atoms with van der Waals surface area (Å²) in [7, 11) is -3.57. The molecule has 2 fully saturated rings. The highest BCUT2D eigenvalue weighted by atomic mass is 32.2. The summed E-state index contributed by atoms with van der Waals surface area (Å²) < 4.78 is 46.6. The minimum absolute atomic E-state index is 0.0452. The van der Waals surface area contributed by atoms with E-state index < -0.39 is 10.0 Å². The molecule has 2 aromatic rings. The van der Waals surface area contributed by atoms with Gasteiger partial charge < -0.3 is 10.1 Å². The molecule has 34 heavy (non-hydrogen) atoms. The van der Waals surface area contributed by atoms with Gasteiger partial charge in [0.05, 0.1) is 4.90 Å². The van der Waals surface area contributed by atoms with Gasteiger partial charge in [0.25, 0.3) is 0 Å². The molecular weight excluding hydrogens is 455 g/mol. The maximum Gasteiger partial charge on any atom is 0.243 e. The minimum Gasteiger partial charge on any atom is -0.381 e. The summed E-state index contributed by atoms with van der Waals surface area (Å²) in [5.41, 5.74) is 2.72. The maximum atomic E-state index is 13.5. The molecule has 184 valence electrons. The molecule has 8 heteroatoms. The Morgan fingerprint density at radius 3 is 2.32 bits per heavy atom. The number of amides is 1. The van der Waals surface area contributed by atoms with Gasteiger partial charge in [0.1, 0.15) is 5.82 Å². The van der Waals surface area contributed by atoms with Gasteiger partial charge in [-0.15, -0.1) is 0 Å². The molecule has 0 spiro atoms. The van der Waals surface area contributed by atoms with Gasteiger partial charge in [-0.25, -0.2) is 12.8 Å². The van der Waals surface area contributed by atoms with Gasteiger partial charge >= 0.3 is 0 Å². The Labute approximate surface area is 201 Å². The number of piperidine rings is 1. The molecule has 6 nitrogen and oxygen atoms in total. The Morgan fingerprint density at radius 1 is 1.06 bits per heavy atom. The fraction of sp³-hybridized carbons (Fsp3) is 0.500. The number of benzene rings is 2. The van der Waals surface area contributed by atoms with Gasteiger partial charge in [0.15, 0.2) is 0 Å². The van der Waals surface area contributed by atoms with E-state index in [0.717, 1.165) is 29.5 Å². The van der Waals surface area contributed by atoms with Crippen molar-refractivity contribution in [1.82, 2.24) is 9.62 Å². The smallest absolute Gasteiger partial charge is 0.243 e. The molecule has 2 aliphatic heterocycles. The van der Waals surface area contributed by atoms with Crippen LogP contribution in [0.1, 0.15) is 42.4 Å². The van der Waals surface area contributed by atoms with Crippen LogP contribution in [0.25, 0.3) is 0 Å². The van der Waals surface area contributed by atoms with Crippen molar-refractivity contribution in [2.45, 2.75) is 49.8 Å². The van der Waals surface area contributed by atoms with Crippen LogP contribution in [0.2, 0.25) is 0 Å². The molecule has 0 aromatic heterocycles. The number of sulfonamides is 1. The molecule has 2 aromatic carbocycles. The Hall–Kier alpha value is -2.29. The van der Waals surface area contributed by atoms with Crippen LogP contribution in [-0.2, 0) is 25.0 Å². The summed E-state index contributed by atoms with van der Waals surface area (Å²) >= 11 is 0. The van der Waals surface area contributed by atoms with Gasteiger partial charge in [-0.1, -0.05) is 18.2 Å². The van der Waals surface area contributed by atoms with E-state index >= 15 is 0 Å². The fourth-order valence-corrected chi connectivity index (χ4v) is 6.47. The van der Waals surface area contributed by atoms with E-state index in [0.29, 0.717) is 50.6 Å². The van der Waals surface area contributed by atoms with Crippen molar-refractivity contribution in [3.8, 4) is 0 Å². The first-order valence-corrected chi connectivity index (χ1v) is 13.3. The second-order valence-electron chi connectivity index (χ2n) is 9.54. The maximum absolute atomic E-state index is 13.5. The highest BCUT2D eigenvalue weighted by molar-refractivity contribution is 7.89. The Balaban J connectivity index is 1.37. The molecule has 4 rings (SSSR count). The van der Waals surface area contributed by atoms with Gasteiger partial charge in [0, 0.05) is 44.2 Å². The predicted octanol–water partition coefficient (Wildman–Crippen LogP) is 3.71. The summed E-state index contributed by atoms with van der Waals surface area (Å²) in [5, 5.41) is 3.12. The number of ether oxygens (including phenoxy) is 1. The number of carbonyl (C=O) groups is 1. The normalized spacial score (nSPS) is 19.6. The van der Waals surface area contributed by atoms with Gasteiger partial charge in [-0.2, -0.15) is 4.31 Å². The van der Waals surface area contributed by atoms with Crippen LogP contribution >= 0.6 is 0 Å². The summed E-state index contributed by atoms with van der Waals surface area (Å²) in [5.74, 6) is -0.551. The van der Waals surface area contributed by atoms with Crippen LogP contribution in [-0.4, -0.2) is 51.5 Å². The first kappa shape index (κ1) is 24.8. The van der Waals surface area contributed by atoms with Gasteiger partial charge in [-0.05, 0) is 80.5 Å². The minimum atomic E-state index is -3.57. The lowest BCUT2D eigenvalue weighted by molar-refractivity contribution is -0.126. The summed E-state index contributed by atoms with van der Waals surface area (Å²) in [6.07, 6.45) is 2.49. The summed E-state index contributed by atoms with van der Waals surface area (Å²) in [4.78, 5) is 13.3. The second-order valence-corrected chi connectivity index (χ2v) is 11.5. The van der Waals surface area contributed by atoms with Crippen molar-refractivity contribution in [2.24, 2.45) is 5.92 Å². The fourth-order valence-electron chi connectivity index (χ4n) is 4.92. The number of hydrogen-bond acceptors (Lipinski definition) is 4. The number of halogens is 1. The standard InChI is InChI=1S/C26H33FN2O4S/c1-19-3-8-24(17-20(19)2)34(31,32)29-13-9-21(10-14-29)25(30)28-18-26(11-15-33-16-12-26)22-4-6-23(27)7-5-22/h3-8,17,21H,9-16,18H2,1-2H3,(H,28,30). The van der Waals surface area contributed by atoms with Crippen LogP contribution in [0.5, 0.6) is 0 Å². The number of nitrogens with one attached hydrogen (secondary N) is 1. The average molecular weight is 489 g/mol. The van der Waals surface area contributed by atoms with Crippen molar-refractivity contribution in [2.75, 3.05) is 32.8 Å². The molecule has 2 aliphatic rings. The van der Waals surface area contributed by atoms with Crippen LogP contribution in [0, 0.1) is 25.6 Å². The van der Waals surface area contributed by atoms with E-state index in [1.807, 2.05) is 19.9 Å². The van der Waals surface area contributed by atoms with Crippen LogP contribution in [0.15, 0.2) is 47.4 Å². The number of aryl methyl sites for hydroxylation is 2. The second kappa shape index (κ2) is 10.1. The monoisotopic (exact) mass is 488 g/mol. The van der Waals surface area contributed by atoms with E-state index in [2.05, 4.69) is 5.32 Å². The zero-order chi connectivity index (χ0) is 24.3. The third kappa shape index (κ3) is 5.19. The Morgan fingerprint density at radius 2 is 1.71 bits per heavy atom. The Kier molecular flexibility index (Phi) is 7.40. The predicted molar refractivity (Wildman–Crippen MR) is 129 cm³/mol. The Bertz CT molecular complexity index is 1120. The van der Waals surface area contributed by atoms with E-state index in [9.17, 15) is 17.6 Å². The van der Waals surface area contributed by atoms with E-state index in [1.165, 1.54) is 16.4 Å². The third-order valence-corrected chi connectivity index (χ3v) is 9.34. The van der Waals surface area contributed by atoms with E-state index in [1.54, 1.807) is 24.3 Å². The molecular formula is C26H33FN2O4S. The van der Waals surface area contributed by atoms with Crippen LogP contribution in [0.4, 0.5) is 4.39 Å². The summed E-state index contributed by atoms with van der Waals surface area (Å²) in [6, 6.07) is 11.7. The molecule has 0 unspecified atom stereocenters. The average Bonchev–Trinajstić information content (AvgIpc) is 2.85. The number of rotatable bonds is 6. The van der Waals surface area contributed by atoms with Crippen molar-refractivity contribution in [1.29, 1.82) is 0 Å². The van der Waals surface area contributed by atoms with Gasteiger partial charge in [-0.3, -0.25) is 4.79 Å². The molecule has 0 radical (unpaired) electrons. The van der Waals surface area contributed by atoms with Crippen molar-refractivity contribution in [3.63, 3.8) is 0 Å². The van der Waals surface area contributed by atoms with E-state index in [4.69, 9.17) is 4.74 Å². The lowest BCUT2D eigenvalue weighted by atomic mass is 9.74. The molecule has 0 atom stereocenters. The zero-order valence-corrected chi connectivity index (χ0v) is 20.7. The molecule has 2 heterocycles. The van der Waals surface area contributed by atoms with Crippen molar-refractivity contribution in [3.05, 3.63) is 65.0 Å². The van der Waals surface area contributed by atoms with Crippen LogP contribution < -0.4 is 5.32 Å². The topological polar surface area (TPSA) is 75.7 Å². The lowest BCUT2D eigenvalue weighted by Gasteiger charge is -2.38. The van der Waals surface area contributed by atoms with Gasteiger partial charge in [0.2, 0.25) is 15.9 Å². The number of hydrogen-bond donors (Lipinski definition) is 1. The molecule has 0 saturated carbocycles. The first-order chi connectivity index (χ1) is 16.2. The highest BCUT2D eigenvalue weighted by Gasteiger charge is 2.37. The third-order valence-electron chi connectivity index (χ3n) is 7.45. The molecule has 0 bridgehead atoms. The molecule has 0 aliphatic carbocycles. The van der Waals surface area contributed by atoms with Crippen molar-refractivity contribution >= 4 is 15.9 Å². The quantitative estimate of drug-likeness (QED) is 0.673. The largest absolute Gasteiger partial charge is 0.381 e. The highest BCUT2D eigenvalue weighted by Crippen LogP contribution is 2.35. The van der Waals surface area contributed by atoms with E-state index in [-0.39, 0.29) is 23.1 Å². The van der Waals surface area contributed by atoms with Crippen molar-refractivity contribution < 1.29 is 22.3 Å². The zero-order valence-electron chi connectivity index (χ0n) is 19.8.